The lowest BCUT2D eigenvalue weighted by Crippen LogP contribution is -2.50. The molecule has 0 bridgehead atoms. The number of rotatable bonds is 7. The van der Waals surface area contributed by atoms with Crippen molar-refractivity contribution in [2.45, 2.75) is 24.7 Å². The van der Waals surface area contributed by atoms with Crippen LogP contribution in [0.25, 0.3) is 0 Å². The number of amides is 1. The number of carbonyl (C=O) groups is 1. The van der Waals surface area contributed by atoms with E-state index in [4.69, 9.17) is 16.3 Å². The first kappa shape index (κ1) is 21.6. The molecule has 1 amide bonds. The molecule has 1 aliphatic rings. The summed E-state index contributed by atoms with van der Waals surface area (Å²) in [6.07, 6.45) is 2.05. The molecule has 0 radical (unpaired) electrons. The average Bonchev–Trinajstić information content (AvgIpc) is 2.74. The minimum Gasteiger partial charge on any atom is -0.494 e. The van der Waals surface area contributed by atoms with Gasteiger partial charge in [-0.1, -0.05) is 37.1 Å². The van der Waals surface area contributed by atoms with Gasteiger partial charge in [0, 0.05) is 31.7 Å². The highest BCUT2D eigenvalue weighted by Gasteiger charge is 2.31. The lowest BCUT2D eigenvalue weighted by molar-refractivity contribution is 0.0698. The third-order valence-corrected chi connectivity index (χ3v) is 7.25. The van der Waals surface area contributed by atoms with Crippen LogP contribution in [-0.4, -0.2) is 56.3 Å². The third kappa shape index (κ3) is 5.10. The van der Waals surface area contributed by atoms with Crippen molar-refractivity contribution in [2.75, 3.05) is 32.8 Å². The summed E-state index contributed by atoms with van der Waals surface area (Å²) >= 11 is 6.06. The predicted molar refractivity (Wildman–Crippen MR) is 113 cm³/mol. The van der Waals surface area contributed by atoms with Crippen molar-refractivity contribution in [1.82, 2.24) is 9.21 Å². The van der Waals surface area contributed by atoms with E-state index >= 15 is 0 Å². The van der Waals surface area contributed by atoms with E-state index in [9.17, 15) is 13.2 Å². The molecular formula is C21H25ClN2O4S. The molecule has 0 N–H and O–H groups in total. The number of unbranched alkanes of at least 4 members (excludes halogenated alkanes) is 1. The molecule has 6 nitrogen and oxygen atoms in total. The molecule has 0 atom stereocenters. The Labute approximate surface area is 177 Å². The molecule has 0 aromatic heterocycles. The van der Waals surface area contributed by atoms with Gasteiger partial charge in [0.05, 0.1) is 11.6 Å². The number of piperazine rings is 1. The van der Waals surface area contributed by atoms with Gasteiger partial charge in [0.1, 0.15) is 10.6 Å². The van der Waals surface area contributed by atoms with Gasteiger partial charge in [-0.25, -0.2) is 8.42 Å². The normalized spacial score (nSPS) is 15.3. The van der Waals surface area contributed by atoms with Crippen LogP contribution in [-0.2, 0) is 10.0 Å². The molecule has 2 aromatic carbocycles. The highest BCUT2D eigenvalue weighted by molar-refractivity contribution is 7.89. The van der Waals surface area contributed by atoms with E-state index in [1.54, 1.807) is 47.4 Å². The molecule has 1 heterocycles. The second kappa shape index (κ2) is 9.61. The van der Waals surface area contributed by atoms with E-state index in [1.165, 1.54) is 10.4 Å². The zero-order valence-electron chi connectivity index (χ0n) is 16.4. The van der Waals surface area contributed by atoms with Gasteiger partial charge in [-0.05, 0) is 42.8 Å². The molecule has 1 aliphatic heterocycles. The van der Waals surface area contributed by atoms with Crippen LogP contribution in [0.15, 0.2) is 53.4 Å². The van der Waals surface area contributed by atoms with Crippen molar-refractivity contribution in [3.8, 4) is 5.75 Å². The predicted octanol–water partition coefficient (Wildman–Crippen LogP) is 3.67. The summed E-state index contributed by atoms with van der Waals surface area (Å²) in [5.74, 6) is 0.630. The number of nitrogens with zero attached hydrogens (tertiary/aromatic N) is 2. The number of hydrogen-bond donors (Lipinski definition) is 0. The first-order chi connectivity index (χ1) is 13.9. The second-order valence-corrected chi connectivity index (χ2v) is 9.17. The van der Waals surface area contributed by atoms with Crippen LogP contribution >= 0.6 is 11.6 Å². The molecule has 1 saturated heterocycles. The molecule has 29 heavy (non-hydrogen) atoms. The first-order valence-electron chi connectivity index (χ1n) is 9.70. The van der Waals surface area contributed by atoms with Crippen LogP contribution in [0.2, 0.25) is 5.02 Å². The van der Waals surface area contributed by atoms with Crippen LogP contribution in [0.4, 0.5) is 0 Å². The zero-order valence-corrected chi connectivity index (χ0v) is 18.0. The Morgan fingerprint density at radius 1 is 1.03 bits per heavy atom. The number of halogens is 1. The van der Waals surface area contributed by atoms with Crippen molar-refractivity contribution in [1.29, 1.82) is 0 Å². The van der Waals surface area contributed by atoms with Crippen LogP contribution < -0.4 is 4.74 Å². The van der Waals surface area contributed by atoms with Gasteiger partial charge in [-0.3, -0.25) is 4.79 Å². The van der Waals surface area contributed by atoms with Crippen molar-refractivity contribution < 1.29 is 17.9 Å². The van der Waals surface area contributed by atoms with E-state index in [0.717, 1.165) is 18.6 Å². The second-order valence-electron chi connectivity index (χ2n) is 6.85. The maximum atomic E-state index is 12.8. The number of ether oxygens (including phenoxy) is 1. The van der Waals surface area contributed by atoms with Crippen molar-refractivity contribution >= 4 is 27.5 Å². The Morgan fingerprint density at radius 3 is 2.31 bits per heavy atom. The monoisotopic (exact) mass is 436 g/mol. The van der Waals surface area contributed by atoms with E-state index in [1.807, 2.05) is 0 Å². The van der Waals surface area contributed by atoms with E-state index in [0.29, 0.717) is 25.3 Å². The summed E-state index contributed by atoms with van der Waals surface area (Å²) in [7, 11) is -3.68. The molecule has 1 fully saturated rings. The largest absolute Gasteiger partial charge is 0.494 e. The topological polar surface area (TPSA) is 66.9 Å². The van der Waals surface area contributed by atoms with Crippen LogP contribution in [0, 0.1) is 0 Å². The first-order valence-corrected chi connectivity index (χ1v) is 11.5. The fraction of sp³-hybridized carbons (Fsp3) is 0.381. The highest BCUT2D eigenvalue weighted by Crippen LogP contribution is 2.25. The summed E-state index contributed by atoms with van der Waals surface area (Å²) in [5, 5.41) is 0.201. The molecule has 3 rings (SSSR count). The molecule has 0 saturated carbocycles. The van der Waals surface area contributed by atoms with Crippen LogP contribution in [0.3, 0.4) is 0 Å². The lowest BCUT2D eigenvalue weighted by Gasteiger charge is -2.34. The van der Waals surface area contributed by atoms with Gasteiger partial charge in [-0.15, -0.1) is 0 Å². The van der Waals surface area contributed by atoms with Gasteiger partial charge in [0.2, 0.25) is 10.0 Å². The number of sulfonamides is 1. The Bertz CT molecular complexity index is 939. The third-order valence-electron chi connectivity index (χ3n) is 4.85. The Kier molecular flexibility index (Phi) is 7.16. The van der Waals surface area contributed by atoms with Crippen molar-refractivity contribution in [3.63, 3.8) is 0 Å². The fourth-order valence-electron chi connectivity index (χ4n) is 3.14. The average molecular weight is 437 g/mol. The van der Waals surface area contributed by atoms with Gasteiger partial charge < -0.3 is 9.64 Å². The maximum Gasteiger partial charge on any atom is 0.253 e. The SMILES string of the molecule is CCCCOc1ccc(C(=O)N2CCN(S(=O)(=O)c3ccccc3Cl)CC2)cc1. The van der Waals surface area contributed by atoms with E-state index < -0.39 is 10.0 Å². The fourth-order valence-corrected chi connectivity index (χ4v) is 5.05. The van der Waals surface area contributed by atoms with E-state index in [2.05, 4.69) is 6.92 Å². The smallest absolute Gasteiger partial charge is 0.253 e. The summed E-state index contributed by atoms with van der Waals surface area (Å²) in [6, 6.07) is 13.5. The standard InChI is InChI=1S/C21H25ClN2O4S/c1-2-3-16-28-18-10-8-17(9-11-18)21(25)23-12-14-24(15-13-23)29(26,27)20-7-5-4-6-19(20)22/h4-11H,2-3,12-16H2,1H3. The lowest BCUT2D eigenvalue weighted by atomic mass is 10.2. The molecule has 156 valence electrons. The van der Waals surface area contributed by atoms with Crippen molar-refractivity contribution in [3.05, 3.63) is 59.1 Å². The molecule has 0 unspecified atom stereocenters. The molecule has 8 heteroatoms. The maximum absolute atomic E-state index is 12.8. The Morgan fingerprint density at radius 2 is 1.69 bits per heavy atom. The van der Waals surface area contributed by atoms with Crippen LogP contribution in [0.1, 0.15) is 30.1 Å². The van der Waals surface area contributed by atoms with Gasteiger partial charge in [0.15, 0.2) is 0 Å². The minimum absolute atomic E-state index is 0.0973. The van der Waals surface area contributed by atoms with Crippen LogP contribution in [0.5, 0.6) is 5.75 Å². The summed E-state index contributed by atoms with van der Waals surface area (Å²) < 4.78 is 32.6. The Balaban J connectivity index is 1.60. The number of carbonyl (C=O) groups excluding carboxylic acids is 1. The van der Waals surface area contributed by atoms with Gasteiger partial charge in [-0.2, -0.15) is 4.31 Å². The summed E-state index contributed by atoms with van der Waals surface area (Å²) in [5.41, 5.74) is 0.565. The molecule has 2 aromatic rings. The summed E-state index contributed by atoms with van der Waals surface area (Å²) in [6.45, 7) is 3.89. The van der Waals surface area contributed by atoms with E-state index in [-0.39, 0.29) is 28.9 Å². The number of hydrogen-bond acceptors (Lipinski definition) is 4. The molecular weight excluding hydrogens is 412 g/mol. The highest BCUT2D eigenvalue weighted by atomic mass is 35.5. The van der Waals surface area contributed by atoms with Gasteiger partial charge >= 0.3 is 0 Å². The minimum atomic E-state index is -3.68. The summed E-state index contributed by atoms with van der Waals surface area (Å²) in [4.78, 5) is 14.5. The number of benzene rings is 2. The van der Waals surface area contributed by atoms with Crippen molar-refractivity contribution in [2.24, 2.45) is 0 Å². The molecule has 0 spiro atoms. The quantitative estimate of drug-likeness (QED) is 0.621. The molecule has 0 aliphatic carbocycles. The zero-order chi connectivity index (χ0) is 20.9. The van der Waals surface area contributed by atoms with Gasteiger partial charge in [0.25, 0.3) is 5.91 Å². The Hall–Kier alpha value is -2.09.